The number of hydrogen-bond acceptors (Lipinski definition) is 9. The van der Waals surface area contributed by atoms with Crippen molar-refractivity contribution in [2.45, 2.75) is 51.2 Å². The number of carbonyl (C=O) groups is 2. The van der Waals surface area contributed by atoms with Crippen molar-refractivity contribution in [3.63, 3.8) is 0 Å². The molecule has 2 aliphatic heterocycles. The van der Waals surface area contributed by atoms with Crippen LogP contribution in [0.3, 0.4) is 0 Å². The number of fused-ring (bicyclic) bond motifs is 4. The van der Waals surface area contributed by atoms with Gasteiger partial charge in [0.25, 0.3) is 0 Å². The maximum atomic E-state index is 12.5. The predicted octanol–water partition coefficient (Wildman–Crippen LogP) is 13.1. The summed E-state index contributed by atoms with van der Waals surface area (Å²) in [6.07, 6.45) is 1.84. The molecule has 0 radical (unpaired) electrons. The van der Waals surface area contributed by atoms with E-state index in [1.54, 1.807) is 60.3 Å². The van der Waals surface area contributed by atoms with Gasteiger partial charge in [-0.15, -0.1) is 0 Å². The summed E-state index contributed by atoms with van der Waals surface area (Å²) in [5, 5.41) is 0. The van der Waals surface area contributed by atoms with Gasteiger partial charge in [0.05, 0.1) is 30.2 Å². The first kappa shape index (κ1) is 47.0. The first-order chi connectivity index (χ1) is 31.3. The Morgan fingerprint density at radius 3 is 1.54 bits per heavy atom. The molecule has 7 nitrogen and oxygen atoms in total. The van der Waals surface area contributed by atoms with Crippen LogP contribution in [-0.2, 0) is 32.2 Å². The predicted molar refractivity (Wildman–Crippen MR) is 266 cm³/mol. The monoisotopic (exact) mass is 979 g/mol. The Morgan fingerprint density at radius 1 is 0.585 bits per heavy atom. The first-order valence-electron chi connectivity index (χ1n) is 20.6. The van der Waals surface area contributed by atoms with Gasteiger partial charge in [-0.25, -0.2) is 18.0 Å². The summed E-state index contributed by atoms with van der Waals surface area (Å²) >= 11 is 6.87. The van der Waals surface area contributed by atoms with E-state index >= 15 is 0 Å². The molecule has 9 rings (SSSR count). The highest BCUT2D eigenvalue weighted by molar-refractivity contribution is 9.10. The molecule has 328 valence electrons. The molecule has 0 bridgehead atoms. The Morgan fingerprint density at radius 2 is 1.02 bits per heavy atom. The smallest absolute Gasteiger partial charge is 0.337 e. The number of benzene rings is 7. The van der Waals surface area contributed by atoms with Crippen LogP contribution >= 0.6 is 39.5 Å². The second kappa shape index (κ2) is 21.3. The quantitative estimate of drug-likeness (QED) is 0.110. The van der Waals surface area contributed by atoms with Crippen molar-refractivity contribution in [2.75, 3.05) is 20.1 Å². The molecular formula is C54H46BrNO6S3. The van der Waals surface area contributed by atoms with Gasteiger partial charge in [0.15, 0.2) is 9.84 Å². The third kappa shape index (κ3) is 11.8. The van der Waals surface area contributed by atoms with Crippen LogP contribution in [0.2, 0.25) is 0 Å². The summed E-state index contributed by atoms with van der Waals surface area (Å²) in [6.45, 7) is 8.07. The minimum Gasteiger partial charge on any atom is -0.465 e. The fourth-order valence-electron chi connectivity index (χ4n) is 7.08. The molecule has 2 aliphatic rings. The SMILES string of the molecule is C=C(c1ccc(C(=O)OC)cc1)c1ccc2c(c1)Cc1ccccc1S2.CC(=NCS(=O)(=O)c1ccc(C)cc1)c1ccc2c(c1)Cc1ccccc1S2.COC(=O)c1ccc(Br)cc1. The Kier molecular flexibility index (Phi) is 15.4. The molecule has 0 unspecified atom stereocenters. The van der Waals surface area contributed by atoms with Crippen LogP contribution in [0.5, 0.6) is 0 Å². The highest BCUT2D eigenvalue weighted by Gasteiger charge is 2.19. The molecule has 7 aromatic rings. The lowest BCUT2D eigenvalue weighted by atomic mass is 9.95. The van der Waals surface area contributed by atoms with Gasteiger partial charge in [-0.3, -0.25) is 4.99 Å². The van der Waals surface area contributed by atoms with Crippen molar-refractivity contribution in [3.05, 3.63) is 224 Å². The summed E-state index contributed by atoms with van der Waals surface area (Å²) < 4.78 is 35.3. The van der Waals surface area contributed by atoms with E-state index < -0.39 is 9.84 Å². The van der Waals surface area contributed by atoms with E-state index in [2.05, 4.69) is 111 Å². The van der Waals surface area contributed by atoms with E-state index in [1.165, 1.54) is 56.1 Å². The normalized spacial score (nSPS) is 12.3. The Bertz CT molecular complexity index is 3020. The number of methoxy groups -OCH3 is 2. The van der Waals surface area contributed by atoms with Crippen molar-refractivity contribution in [3.8, 4) is 0 Å². The molecule has 0 atom stereocenters. The van der Waals surface area contributed by atoms with Crippen molar-refractivity contribution in [1.82, 2.24) is 0 Å². The average Bonchev–Trinajstić information content (AvgIpc) is 3.34. The van der Waals surface area contributed by atoms with Gasteiger partial charge in [-0.1, -0.05) is 124 Å². The van der Waals surface area contributed by atoms with Crippen LogP contribution in [0.4, 0.5) is 0 Å². The van der Waals surface area contributed by atoms with Crippen LogP contribution < -0.4 is 0 Å². The minimum absolute atomic E-state index is 0.240. The zero-order valence-corrected chi connectivity index (χ0v) is 40.4. The highest BCUT2D eigenvalue weighted by Crippen LogP contribution is 2.41. The number of aryl methyl sites for hydroxylation is 1. The average molecular weight is 981 g/mol. The summed E-state index contributed by atoms with van der Waals surface area (Å²) in [4.78, 5) is 32.4. The molecule has 0 N–H and O–H groups in total. The second-order valence-electron chi connectivity index (χ2n) is 15.3. The van der Waals surface area contributed by atoms with E-state index in [0.29, 0.717) is 16.0 Å². The van der Waals surface area contributed by atoms with Crippen LogP contribution in [-0.4, -0.2) is 46.2 Å². The summed E-state index contributed by atoms with van der Waals surface area (Å²) in [6, 6.07) is 51.1. The van der Waals surface area contributed by atoms with Crippen LogP contribution in [0.15, 0.2) is 198 Å². The number of esters is 2. The number of carbonyl (C=O) groups excluding carboxylic acids is 2. The zero-order valence-electron chi connectivity index (χ0n) is 36.3. The largest absolute Gasteiger partial charge is 0.465 e. The molecule has 0 saturated heterocycles. The number of rotatable bonds is 8. The molecule has 0 fully saturated rings. The zero-order chi connectivity index (χ0) is 46.1. The maximum absolute atomic E-state index is 12.5. The van der Waals surface area contributed by atoms with Crippen molar-refractivity contribution in [1.29, 1.82) is 0 Å². The molecule has 11 heteroatoms. The third-order valence-electron chi connectivity index (χ3n) is 10.8. The molecule has 7 aromatic carbocycles. The molecule has 65 heavy (non-hydrogen) atoms. The molecule has 0 saturated carbocycles. The third-order valence-corrected chi connectivity index (χ3v) is 15.3. The molecule has 0 spiro atoms. The molecule has 0 amide bonds. The van der Waals surface area contributed by atoms with Crippen molar-refractivity contribution >= 4 is 72.5 Å². The topological polar surface area (TPSA) is 99.1 Å². The number of aliphatic imine (C=N–C) groups is 1. The number of sulfone groups is 1. The Hall–Kier alpha value is -5.98. The number of hydrogen-bond donors (Lipinski definition) is 0. The van der Waals surface area contributed by atoms with Crippen LogP contribution in [0, 0.1) is 6.92 Å². The summed E-state index contributed by atoms with van der Waals surface area (Å²) in [7, 11) is -0.676. The van der Waals surface area contributed by atoms with Gasteiger partial charge in [-0.2, -0.15) is 0 Å². The first-order valence-corrected chi connectivity index (χ1v) is 24.7. The maximum Gasteiger partial charge on any atom is 0.337 e. The lowest BCUT2D eigenvalue weighted by molar-refractivity contribution is 0.0592. The van der Waals surface area contributed by atoms with Gasteiger partial charge in [0.1, 0.15) is 5.88 Å². The number of ether oxygens (including phenoxy) is 2. The molecule has 2 heterocycles. The molecular weight excluding hydrogens is 935 g/mol. The molecule has 0 aliphatic carbocycles. The Labute approximate surface area is 398 Å². The van der Waals surface area contributed by atoms with Gasteiger partial charge < -0.3 is 9.47 Å². The van der Waals surface area contributed by atoms with Gasteiger partial charge >= 0.3 is 11.9 Å². The lowest BCUT2D eigenvalue weighted by Gasteiger charge is -2.20. The second-order valence-corrected chi connectivity index (χ2v) is 20.3. The van der Waals surface area contributed by atoms with E-state index in [1.807, 2.05) is 55.9 Å². The fraction of sp³-hybridized carbons (Fsp3) is 0.130. The fourth-order valence-corrected chi connectivity index (χ4v) is 10.5. The Balaban J connectivity index is 0.000000158. The summed E-state index contributed by atoms with van der Waals surface area (Å²) in [5.74, 6) is -0.875. The highest BCUT2D eigenvalue weighted by atomic mass is 79.9. The van der Waals surface area contributed by atoms with E-state index in [-0.39, 0.29) is 17.8 Å². The standard InChI is InChI=1S/C23H21NO2S2.C23H18O2S.C8H7BrO2/c1-16-7-10-21(11-8-16)28(25,26)15-24-17(2)18-9-12-23-20(13-18)14-19-5-3-4-6-22(19)27-23;1-15(16-7-9-17(10-8-16)23(24)25-2)18-11-12-22-20(13-18)14-19-5-3-4-6-21(19)26-22;1-11-8(10)6-2-4-7(9)5-3-6/h3-13H,14-15H2,1-2H3;3-13H,1,14H2,2H3;2-5H,1H3. The van der Waals surface area contributed by atoms with Gasteiger partial charge in [0.2, 0.25) is 0 Å². The van der Waals surface area contributed by atoms with Crippen molar-refractivity contribution in [2.24, 2.45) is 4.99 Å². The van der Waals surface area contributed by atoms with E-state index in [9.17, 15) is 18.0 Å². The van der Waals surface area contributed by atoms with Crippen LogP contribution in [0.1, 0.15) is 72.1 Å². The molecule has 0 aromatic heterocycles. The number of halogens is 1. The minimum atomic E-state index is -3.43. The lowest BCUT2D eigenvalue weighted by Crippen LogP contribution is -2.08. The van der Waals surface area contributed by atoms with Crippen molar-refractivity contribution < 1.29 is 27.5 Å². The van der Waals surface area contributed by atoms with Crippen LogP contribution in [0.25, 0.3) is 5.57 Å². The van der Waals surface area contributed by atoms with Gasteiger partial charge in [-0.05, 0) is 156 Å². The van der Waals surface area contributed by atoms with E-state index in [0.717, 1.165) is 50.9 Å². The number of nitrogens with zero attached hydrogens (tertiary/aromatic N) is 1. The summed E-state index contributed by atoms with van der Waals surface area (Å²) in [5.41, 5.74) is 12.2. The van der Waals surface area contributed by atoms with E-state index in [4.69, 9.17) is 4.74 Å². The van der Waals surface area contributed by atoms with Gasteiger partial charge in [0, 0.05) is 29.8 Å².